The maximum Gasteiger partial charge on any atom is 0.0570 e. The van der Waals surface area contributed by atoms with Gasteiger partial charge in [0.05, 0.1) is 12.2 Å². The zero-order valence-corrected chi connectivity index (χ0v) is 12.4. The Balaban J connectivity index is 2.04. The van der Waals surface area contributed by atoms with Crippen molar-refractivity contribution in [2.24, 2.45) is 0 Å². The quantitative estimate of drug-likeness (QED) is 0.868. The Morgan fingerprint density at radius 3 is 2.53 bits per heavy atom. The molecule has 1 aliphatic heterocycles. The topological polar surface area (TPSA) is 21.3 Å². The second-order valence-corrected chi connectivity index (χ2v) is 5.98. The van der Waals surface area contributed by atoms with Crippen molar-refractivity contribution < 1.29 is 4.74 Å². The Bertz CT molecular complexity index is 389. The highest BCUT2D eigenvalue weighted by molar-refractivity contribution is 9.10. The van der Waals surface area contributed by atoms with E-state index in [2.05, 4.69) is 35.1 Å². The second kappa shape index (κ2) is 5.59. The van der Waals surface area contributed by atoms with Crippen molar-refractivity contribution in [1.82, 2.24) is 0 Å². The van der Waals surface area contributed by atoms with E-state index in [0.717, 1.165) is 28.0 Å². The van der Waals surface area contributed by atoms with Crippen molar-refractivity contribution in [2.45, 2.75) is 44.9 Å². The third kappa shape index (κ3) is 3.60. The van der Waals surface area contributed by atoms with Gasteiger partial charge in [-0.3, -0.25) is 0 Å². The summed E-state index contributed by atoms with van der Waals surface area (Å²) in [4.78, 5) is 0. The molecule has 2 nitrogen and oxygen atoms in total. The Morgan fingerprint density at radius 1 is 1.29 bits per heavy atom. The van der Waals surface area contributed by atoms with Crippen LogP contribution in [0.1, 0.15) is 26.7 Å². The number of halogens is 2. The molecule has 1 aromatic carbocycles. The third-order valence-electron chi connectivity index (χ3n) is 2.99. The molecule has 0 spiro atoms. The van der Waals surface area contributed by atoms with Gasteiger partial charge in [0.2, 0.25) is 0 Å². The van der Waals surface area contributed by atoms with Gasteiger partial charge in [-0.05, 0) is 60.8 Å². The first-order chi connectivity index (χ1) is 8.04. The number of hydrogen-bond acceptors (Lipinski definition) is 2. The molecule has 0 aromatic heterocycles. The number of anilines is 1. The summed E-state index contributed by atoms with van der Waals surface area (Å²) in [6.07, 6.45) is 2.73. The fourth-order valence-corrected chi connectivity index (χ4v) is 3.15. The van der Waals surface area contributed by atoms with E-state index in [0.29, 0.717) is 18.2 Å². The SMILES string of the molecule is CC1CC(Nc2ccc(Cl)cc2Br)CC(C)O1. The molecule has 0 aliphatic carbocycles. The summed E-state index contributed by atoms with van der Waals surface area (Å²) in [5.74, 6) is 0. The molecular formula is C13H17BrClNO. The summed E-state index contributed by atoms with van der Waals surface area (Å²) < 4.78 is 6.74. The highest BCUT2D eigenvalue weighted by Crippen LogP contribution is 2.29. The molecule has 1 fully saturated rings. The molecule has 1 heterocycles. The van der Waals surface area contributed by atoms with Crippen molar-refractivity contribution in [2.75, 3.05) is 5.32 Å². The van der Waals surface area contributed by atoms with Crippen LogP contribution < -0.4 is 5.32 Å². The van der Waals surface area contributed by atoms with Crippen LogP contribution in [0.4, 0.5) is 5.69 Å². The molecule has 94 valence electrons. The van der Waals surface area contributed by atoms with E-state index in [9.17, 15) is 0 Å². The van der Waals surface area contributed by atoms with Crippen LogP contribution in [-0.2, 0) is 4.74 Å². The molecule has 1 aromatic rings. The highest BCUT2D eigenvalue weighted by Gasteiger charge is 2.24. The van der Waals surface area contributed by atoms with Crippen LogP contribution in [0.25, 0.3) is 0 Å². The van der Waals surface area contributed by atoms with Gasteiger partial charge in [-0.2, -0.15) is 0 Å². The zero-order chi connectivity index (χ0) is 12.4. The Morgan fingerprint density at radius 2 is 1.94 bits per heavy atom. The molecule has 1 saturated heterocycles. The molecule has 2 rings (SSSR count). The minimum atomic E-state index is 0.322. The van der Waals surface area contributed by atoms with E-state index in [-0.39, 0.29) is 0 Å². The lowest BCUT2D eigenvalue weighted by Crippen LogP contribution is -2.36. The van der Waals surface area contributed by atoms with Crippen molar-refractivity contribution >= 4 is 33.2 Å². The van der Waals surface area contributed by atoms with Gasteiger partial charge in [0.25, 0.3) is 0 Å². The first-order valence-electron chi connectivity index (χ1n) is 5.91. The first-order valence-corrected chi connectivity index (χ1v) is 7.08. The Labute approximate surface area is 116 Å². The van der Waals surface area contributed by atoms with Crippen LogP contribution in [0.15, 0.2) is 22.7 Å². The highest BCUT2D eigenvalue weighted by atomic mass is 79.9. The van der Waals surface area contributed by atoms with E-state index >= 15 is 0 Å². The predicted molar refractivity (Wildman–Crippen MR) is 75.8 cm³/mol. The number of ether oxygens (including phenoxy) is 1. The fraction of sp³-hybridized carbons (Fsp3) is 0.538. The number of hydrogen-bond donors (Lipinski definition) is 1. The maximum atomic E-state index is 5.93. The predicted octanol–water partition coefficient (Wildman–Crippen LogP) is 4.47. The Hall–Kier alpha value is -0.250. The summed E-state index contributed by atoms with van der Waals surface area (Å²) in [5.41, 5.74) is 1.10. The maximum absolute atomic E-state index is 5.93. The molecule has 17 heavy (non-hydrogen) atoms. The van der Waals surface area contributed by atoms with E-state index in [1.165, 1.54) is 0 Å². The average Bonchev–Trinajstić information content (AvgIpc) is 2.21. The molecule has 0 saturated carbocycles. The van der Waals surface area contributed by atoms with Crippen molar-refractivity contribution in [3.63, 3.8) is 0 Å². The average molecular weight is 319 g/mol. The minimum Gasteiger partial charge on any atom is -0.381 e. The van der Waals surface area contributed by atoms with Gasteiger partial charge in [-0.1, -0.05) is 11.6 Å². The summed E-state index contributed by atoms with van der Waals surface area (Å²) in [7, 11) is 0. The lowest BCUT2D eigenvalue weighted by molar-refractivity contribution is -0.0337. The zero-order valence-electron chi connectivity index (χ0n) is 10.0. The van der Waals surface area contributed by atoms with Gasteiger partial charge in [0.1, 0.15) is 0 Å². The van der Waals surface area contributed by atoms with Crippen LogP contribution in [-0.4, -0.2) is 18.2 Å². The van der Waals surface area contributed by atoms with Gasteiger partial charge in [-0.15, -0.1) is 0 Å². The molecule has 1 aliphatic rings. The van der Waals surface area contributed by atoms with E-state index in [1.807, 2.05) is 18.2 Å². The Kier molecular flexibility index (Phi) is 4.34. The monoisotopic (exact) mass is 317 g/mol. The normalized spacial score (nSPS) is 29.1. The van der Waals surface area contributed by atoms with Crippen LogP contribution in [0.5, 0.6) is 0 Å². The second-order valence-electron chi connectivity index (χ2n) is 4.69. The van der Waals surface area contributed by atoms with Crippen LogP contribution in [0.2, 0.25) is 5.02 Å². The summed E-state index contributed by atoms with van der Waals surface area (Å²) in [5, 5.41) is 4.30. The van der Waals surface area contributed by atoms with E-state index in [4.69, 9.17) is 16.3 Å². The summed E-state index contributed by atoms with van der Waals surface area (Å²) >= 11 is 9.45. The van der Waals surface area contributed by atoms with Crippen molar-refractivity contribution in [1.29, 1.82) is 0 Å². The molecule has 2 atom stereocenters. The van der Waals surface area contributed by atoms with E-state index < -0.39 is 0 Å². The fourth-order valence-electron chi connectivity index (χ4n) is 2.35. The number of benzene rings is 1. The van der Waals surface area contributed by atoms with Crippen molar-refractivity contribution in [3.8, 4) is 0 Å². The van der Waals surface area contributed by atoms with Gasteiger partial charge < -0.3 is 10.1 Å². The van der Waals surface area contributed by atoms with E-state index in [1.54, 1.807) is 0 Å². The van der Waals surface area contributed by atoms with Crippen molar-refractivity contribution in [3.05, 3.63) is 27.7 Å². The van der Waals surface area contributed by atoms with Gasteiger partial charge in [0, 0.05) is 21.2 Å². The molecular weight excluding hydrogens is 302 g/mol. The summed E-state index contributed by atoms with van der Waals surface area (Å²) in [6, 6.07) is 6.29. The number of rotatable bonds is 2. The lowest BCUT2D eigenvalue weighted by Gasteiger charge is -2.33. The molecule has 2 unspecified atom stereocenters. The van der Waals surface area contributed by atoms with Crippen LogP contribution in [0.3, 0.4) is 0 Å². The largest absolute Gasteiger partial charge is 0.381 e. The first kappa shape index (κ1) is 13.2. The van der Waals surface area contributed by atoms with Crippen LogP contribution in [0, 0.1) is 0 Å². The smallest absolute Gasteiger partial charge is 0.0570 e. The van der Waals surface area contributed by atoms with Gasteiger partial charge >= 0.3 is 0 Å². The third-order valence-corrected chi connectivity index (χ3v) is 3.88. The lowest BCUT2D eigenvalue weighted by atomic mass is 9.99. The van der Waals surface area contributed by atoms with Crippen LogP contribution >= 0.6 is 27.5 Å². The number of nitrogens with one attached hydrogen (secondary N) is 1. The minimum absolute atomic E-state index is 0.322. The standard InChI is InChI=1S/C13H17BrClNO/c1-8-5-11(6-9(2)17-8)16-13-4-3-10(15)7-12(13)14/h3-4,7-9,11,16H,5-6H2,1-2H3. The molecule has 4 heteroatoms. The molecule has 1 N–H and O–H groups in total. The molecule has 0 amide bonds. The molecule has 0 bridgehead atoms. The molecule has 0 radical (unpaired) electrons. The van der Waals surface area contributed by atoms with Gasteiger partial charge in [-0.25, -0.2) is 0 Å². The van der Waals surface area contributed by atoms with Gasteiger partial charge in [0.15, 0.2) is 0 Å². The summed E-state index contributed by atoms with van der Waals surface area (Å²) in [6.45, 7) is 4.25.